The molecule has 0 saturated carbocycles. The topological polar surface area (TPSA) is 46.6 Å². The van der Waals surface area contributed by atoms with Gasteiger partial charge in [-0.1, -0.05) is 0 Å². The van der Waals surface area contributed by atoms with Crippen molar-refractivity contribution in [1.82, 2.24) is 0 Å². The summed E-state index contributed by atoms with van der Waals surface area (Å²) in [6.07, 6.45) is -4.52. The standard InChI is InChI=1S/C15H13F4NO3S/c1-20(11-5-3-10(4-6-11)15(17,18)19)24(21,22)12-7-8-14(23-2)13(16)9-12/h3-9H,1-2H3. The van der Waals surface area contributed by atoms with Gasteiger partial charge in [-0.3, -0.25) is 4.31 Å². The van der Waals surface area contributed by atoms with E-state index in [9.17, 15) is 26.0 Å². The maximum Gasteiger partial charge on any atom is 0.416 e. The van der Waals surface area contributed by atoms with Crippen molar-refractivity contribution in [3.63, 3.8) is 0 Å². The van der Waals surface area contributed by atoms with Crippen molar-refractivity contribution in [1.29, 1.82) is 0 Å². The van der Waals surface area contributed by atoms with Crippen molar-refractivity contribution in [2.45, 2.75) is 11.1 Å². The number of alkyl halides is 3. The first kappa shape index (κ1) is 18.1. The molecule has 0 radical (unpaired) electrons. The van der Waals surface area contributed by atoms with Gasteiger partial charge in [0.25, 0.3) is 10.0 Å². The predicted octanol–water partition coefficient (Wildman–Crippen LogP) is 3.68. The first-order valence-corrected chi connectivity index (χ1v) is 8.01. The summed E-state index contributed by atoms with van der Waals surface area (Å²) < 4.78 is 81.8. The van der Waals surface area contributed by atoms with E-state index < -0.39 is 27.6 Å². The highest BCUT2D eigenvalue weighted by Gasteiger charge is 2.30. The maximum absolute atomic E-state index is 13.7. The zero-order valence-electron chi connectivity index (χ0n) is 12.6. The Bertz CT molecular complexity index is 833. The number of methoxy groups -OCH3 is 1. The first-order valence-electron chi connectivity index (χ1n) is 6.57. The molecule has 0 amide bonds. The van der Waals surface area contributed by atoms with E-state index in [4.69, 9.17) is 4.74 Å². The largest absolute Gasteiger partial charge is 0.494 e. The highest BCUT2D eigenvalue weighted by molar-refractivity contribution is 7.92. The molecule has 0 aliphatic carbocycles. The van der Waals surface area contributed by atoms with E-state index in [0.717, 1.165) is 46.8 Å². The normalized spacial score (nSPS) is 12.1. The van der Waals surface area contributed by atoms with Crippen LogP contribution in [0.15, 0.2) is 47.4 Å². The fourth-order valence-corrected chi connectivity index (χ4v) is 3.17. The minimum absolute atomic E-state index is 0.0132. The van der Waals surface area contributed by atoms with Crippen molar-refractivity contribution in [2.75, 3.05) is 18.5 Å². The molecule has 0 N–H and O–H groups in total. The lowest BCUT2D eigenvalue weighted by molar-refractivity contribution is -0.137. The van der Waals surface area contributed by atoms with Gasteiger partial charge in [-0.15, -0.1) is 0 Å². The van der Waals surface area contributed by atoms with Crippen molar-refractivity contribution in [3.05, 3.63) is 53.8 Å². The van der Waals surface area contributed by atoms with Crippen molar-refractivity contribution >= 4 is 15.7 Å². The number of hydrogen-bond donors (Lipinski definition) is 0. The molecule has 0 aromatic heterocycles. The monoisotopic (exact) mass is 363 g/mol. The fourth-order valence-electron chi connectivity index (χ4n) is 1.96. The molecule has 0 aliphatic rings. The second-order valence-electron chi connectivity index (χ2n) is 4.81. The van der Waals surface area contributed by atoms with Gasteiger partial charge in [0, 0.05) is 7.05 Å². The molecule has 24 heavy (non-hydrogen) atoms. The molecule has 0 unspecified atom stereocenters. The SMILES string of the molecule is COc1ccc(S(=O)(=O)N(C)c2ccc(C(F)(F)F)cc2)cc1F. The molecule has 9 heteroatoms. The Balaban J connectivity index is 2.37. The molecule has 2 rings (SSSR count). The molecular formula is C15H13F4NO3S. The molecule has 0 spiro atoms. The lowest BCUT2D eigenvalue weighted by atomic mass is 10.2. The Morgan fingerprint density at radius 3 is 2.08 bits per heavy atom. The third kappa shape index (κ3) is 3.45. The van der Waals surface area contributed by atoms with Crippen LogP contribution >= 0.6 is 0 Å². The highest BCUT2D eigenvalue weighted by Crippen LogP contribution is 2.31. The second-order valence-corrected chi connectivity index (χ2v) is 6.78. The summed E-state index contributed by atoms with van der Waals surface area (Å²) in [7, 11) is -1.73. The Labute approximate surface area is 136 Å². The summed E-state index contributed by atoms with van der Waals surface area (Å²) >= 11 is 0. The molecule has 2 aromatic rings. The van der Waals surface area contributed by atoms with Gasteiger partial charge >= 0.3 is 6.18 Å². The molecule has 4 nitrogen and oxygen atoms in total. The van der Waals surface area contributed by atoms with Gasteiger partial charge in [0.2, 0.25) is 0 Å². The van der Waals surface area contributed by atoms with Crippen LogP contribution in [0.4, 0.5) is 23.2 Å². The zero-order chi connectivity index (χ0) is 18.1. The van der Waals surface area contributed by atoms with E-state index in [0.29, 0.717) is 0 Å². The van der Waals surface area contributed by atoms with Gasteiger partial charge in [0.05, 0.1) is 23.3 Å². The van der Waals surface area contributed by atoms with Crippen LogP contribution in [0.2, 0.25) is 0 Å². The van der Waals surface area contributed by atoms with E-state index in [2.05, 4.69) is 0 Å². The summed E-state index contributed by atoms with van der Waals surface area (Å²) in [5.41, 5.74) is -0.883. The smallest absolute Gasteiger partial charge is 0.416 e. The number of rotatable bonds is 4. The molecule has 0 atom stereocenters. The van der Waals surface area contributed by atoms with Crippen LogP contribution in [-0.4, -0.2) is 22.6 Å². The van der Waals surface area contributed by atoms with Crippen LogP contribution in [0.3, 0.4) is 0 Å². The average Bonchev–Trinajstić information content (AvgIpc) is 2.53. The number of nitrogens with zero attached hydrogens (tertiary/aromatic N) is 1. The van der Waals surface area contributed by atoms with Crippen LogP contribution in [0, 0.1) is 5.82 Å². The van der Waals surface area contributed by atoms with Crippen LogP contribution in [0.25, 0.3) is 0 Å². The quantitative estimate of drug-likeness (QED) is 0.779. The fraction of sp³-hybridized carbons (Fsp3) is 0.200. The van der Waals surface area contributed by atoms with Crippen LogP contribution in [-0.2, 0) is 16.2 Å². The summed E-state index contributed by atoms with van der Waals surface area (Å²) in [6.45, 7) is 0. The van der Waals surface area contributed by atoms with Gasteiger partial charge in [0.1, 0.15) is 0 Å². The number of anilines is 1. The molecule has 0 saturated heterocycles. The minimum atomic E-state index is -4.52. The van der Waals surface area contributed by atoms with E-state index in [1.54, 1.807) is 0 Å². The van der Waals surface area contributed by atoms with Crippen molar-refractivity contribution in [2.24, 2.45) is 0 Å². The maximum atomic E-state index is 13.7. The summed E-state index contributed by atoms with van der Waals surface area (Å²) in [5.74, 6) is -0.981. The number of hydrogen-bond acceptors (Lipinski definition) is 3. The lowest BCUT2D eigenvalue weighted by Gasteiger charge is -2.20. The van der Waals surface area contributed by atoms with Crippen molar-refractivity contribution < 1.29 is 30.7 Å². The molecule has 2 aromatic carbocycles. The van der Waals surface area contributed by atoms with E-state index in [1.807, 2.05) is 0 Å². The predicted molar refractivity (Wildman–Crippen MR) is 80.0 cm³/mol. The Morgan fingerprint density at radius 2 is 1.62 bits per heavy atom. The van der Waals surface area contributed by atoms with Gasteiger partial charge in [-0.25, -0.2) is 12.8 Å². The Kier molecular flexibility index (Phi) is 4.75. The second kappa shape index (κ2) is 6.31. The van der Waals surface area contributed by atoms with Crippen LogP contribution < -0.4 is 9.04 Å². The highest BCUT2D eigenvalue weighted by atomic mass is 32.2. The van der Waals surface area contributed by atoms with E-state index >= 15 is 0 Å². The number of sulfonamides is 1. The molecule has 0 aliphatic heterocycles. The molecule has 0 fully saturated rings. The minimum Gasteiger partial charge on any atom is -0.494 e. The van der Waals surface area contributed by atoms with Gasteiger partial charge in [0.15, 0.2) is 11.6 Å². The third-order valence-electron chi connectivity index (χ3n) is 3.34. The Hall–Kier alpha value is -2.29. The van der Waals surface area contributed by atoms with Gasteiger partial charge in [-0.2, -0.15) is 13.2 Å². The summed E-state index contributed by atoms with van der Waals surface area (Å²) in [4.78, 5) is -0.344. The average molecular weight is 363 g/mol. The van der Waals surface area contributed by atoms with E-state index in [1.165, 1.54) is 14.2 Å². The Morgan fingerprint density at radius 1 is 1.04 bits per heavy atom. The summed E-state index contributed by atoms with van der Waals surface area (Å²) in [6, 6.07) is 6.70. The first-order chi connectivity index (χ1) is 11.1. The zero-order valence-corrected chi connectivity index (χ0v) is 13.5. The molecule has 130 valence electrons. The molecular weight excluding hydrogens is 350 g/mol. The number of halogens is 4. The third-order valence-corrected chi connectivity index (χ3v) is 5.12. The van der Waals surface area contributed by atoms with Gasteiger partial charge in [-0.05, 0) is 42.5 Å². The van der Waals surface area contributed by atoms with Crippen LogP contribution in [0.1, 0.15) is 5.56 Å². The molecule has 0 heterocycles. The van der Waals surface area contributed by atoms with Gasteiger partial charge < -0.3 is 4.74 Å². The molecule has 0 bridgehead atoms. The number of ether oxygens (including phenoxy) is 1. The summed E-state index contributed by atoms with van der Waals surface area (Å²) in [5, 5.41) is 0. The number of benzene rings is 2. The van der Waals surface area contributed by atoms with E-state index in [-0.39, 0.29) is 16.3 Å². The van der Waals surface area contributed by atoms with Crippen molar-refractivity contribution in [3.8, 4) is 5.75 Å². The lowest BCUT2D eigenvalue weighted by Crippen LogP contribution is -2.26. The van der Waals surface area contributed by atoms with Crippen LogP contribution in [0.5, 0.6) is 5.75 Å².